The number of hydrogen-bond acceptors (Lipinski definition) is 6. The molecule has 0 saturated carbocycles. The molecule has 2 aromatic rings. The standard InChI is InChI=1S/C13H20N6OS/c1-8(2)11-15-6-7-19(11)9(3)12(20)16-5-4-10-17-18-13(14)21-10/h6-9H,4-5H2,1-3H3,(H2,14,18)(H,16,20)/t9-/m1/s1. The van der Waals surface area contributed by atoms with Crippen molar-refractivity contribution in [3.05, 3.63) is 23.2 Å². The summed E-state index contributed by atoms with van der Waals surface area (Å²) in [5, 5.41) is 11.8. The third-order valence-electron chi connectivity index (χ3n) is 3.13. The molecule has 3 N–H and O–H groups in total. The van der Waals surface area contributed by atoms with E-state index in [2.05, 4.69) is 34.3 Å². The van der Waals surface area contributed by atoms with Gasteiger partial charge < -0.3 is 15.6 Å². The molecule has 0 fully saturated rings. The van der Waals surface area contributed by atoms with Crippen LogP contribution in [0.3, 0.4) is 0 Å². The number of carbonyl (C=O) groups excluding carboxylic acids is 1. The number of hydrogen-bond donors (Lipinski definition) is 2. The van der Waals surface area contributed by atoms with Crippen molar-refractivity contribution in [1.82, 2.24) is 25.1 Å². The lowest BCUT2D eigenvalue weighted by atomic mass is 10.2. The van der Waals surface area contributed by atoms with Gasteiger partial charge in [0.25, 0.3) is 0 Å². The van der Waals surface area contributed by atoms with Gasteiger partial charge in [-0.25, -0.2) is 4.98 Å². The van der Waals surface area contributed by atoms with Gasteiger partial charge in [-0.1, -0.05) is 25.2 Å². The second-order valence-electron chi connectivity index (χ2n) is 5.10. The summed E-state index contributed by atoms with van der Waals surface area (Å²) >= 11 is 1.34. The van der Waals surface area contributed by atoms with Crippen molar-refractivity contribution < 1.29 is 4.79 Å². The maximum atomic E-state index is 12.2. The molecule has 21 heavy (non-hydrogen) atoms. The number of anilines is 1. The maximum Gasteiger partial charge on any atom is 0.242 e. The second kappa shape index (κ2) is 6.66. The Labute approximate surface area is 127 Å². The molecular weight excluding hydrogens is 288 g/mol. The van der Waals surface area contributed by atoms with E-state index in [1.54, 1.807) is 6.20 Å². The highest BCUT2D eigenvalue weighted by Gasteiger charge is 2.18. The zero-order valence-electron chi connectivity index (χ0n) is 12.4. The van der Waals surface area contributed by atoms with Crippen LogP contribution in [0.15, 0.2) is 12.4 Å². The minimum absolute atomic E-state index is 0.0348. The van der Waals surface area contributed by atoms with E-state index in [9.17, 15) is 4.79 Å². The van der Waals surface area contributed by atoms with Gasteiger partial charge in [-0.05, 0) is 6.92 Å². The predicted octanol–water partition coefficient (Wildman–Crippen LogP) is 1.36. The molecule has 0 spiro atoms. The Hall–Kier alpha value is -1.96. The van der Waals surface area contributed by atoms with Gasteiger partial charge in [0.15, 0.2) is 0 Å². The van der Waals surface area contributed by atoms with Gasteiger partial charge in [0.05, 0.1) is 0 Å². The van der Waals surface area contributed by atoms with Crippen molar-refractivity contribution in [1.29, 1.82) is 0 Å². The van der Waals surface area contributed by atoms with Gasteiger partial charge in [-0.15, -0.1) is 10.2 Å². The first kappa shape index (κ1) is 15.4. The van der Waals surface area contributed by atoms with E-state index in [4.69, 9.17) is 5.73 Å². The zero-order valence-corrected chi connectivity index (χ0v) is 13.2. The van der Waals surface area contributed by atoms with Gasteiger partial charge in [0.1, 0.15) is 16.9 Å². The highest BCUT2D eigenvalue weighted by atomic mass is 32.1. The van der Waals surface area contributed by atoms with E-state index in [-0.39, 0.29) is 17.9 Å². The first-order valence-corrected chi connectivity index (χ1v) is 7.69. The molecule has 0 unspecified atom stereocenters. The Bertz CT molecular complexity index is 605. The first-order chi connectivity index (χ1) is 9.99. The molecule has 0 aliphatic carbocycles. The van der Waals surface area contributed by atoms with Gasteiger partial charge in [0.2, 0.25) is 11.0 Å². The molecule has 2 rings (SSSR count). The number of carbonyl (C=O) groups is 1. The first-order valence-electron chi connectivity index (χ1n) is 6.87. The van der Waals surface area contributed by atoms with E-state index in [0.29, 0.717) is 18.1 Å². The third-order valence-corrected chi connectivity index (χ3v) is 3.94. The SMILES string of the molecule is CC(C)c1nccn1[C@H](C)C(=O)NCCc1nnc(N)s1. The molecule has 114 valence electrons. The largest absolute Gasteiger partial charge is 0.374 e. The van der Waals surface area contributed by atoms with Crippen molar-refractivity contribution in [2.24, 2.45) is 0 Å². The number of nitrogens with one attached hydrogen (secondary N) is 1. The van der Waals surface area contributed by atoms with Crippen LogP contribution in [0.2, 0.25) is 0 Å². The summed E-state index contributed by atoms with van der Waals surface area (Å²) in [7, 11) is 0. The molecule has 0 radical (unpaired) electrons. The molecule has 0 aliphatic heterocycles. The van der Waals surface area contributed by atoms with E-state index < -0.39 is 0 Å². The molecule has 1 amide bonds. The Morgan fingerprint density at radius 2 is 2.19 bits per heavy atom. The minimum atomic E-state index is -0.288. The van der Waals surface area contributed by atoms with Gasteiger partial charge in [-0.2, -0.15) is 0 Å². The summed E-state index contributed by atoms with van der Waals surface area (Å²) in [5.74, 6) is 1.15. The van der Waals surface area contributed by atoms with Crippen LogP contribution < -0.4 is 11.1 Å². The number of nitrogen functional groups attached to an aromatic ring is 1. The van der Waals surface area contributed by atoms with E-state index >= 15 is 0 Å². The number of nitrogens with two attached hydrogens (primary N) is 1. The van der Waals surface area contributed by atoms with Crippen LogP contribution >= 0.6 is 11.3 Å². The summed E-state index contributed by atoms with van der Waals surface area (Å²) in [6, 6.07) is -0.288. The van der Waals surface area contributed by atoms with Crippen LogP contribution in [-0.2, 0) is 11.2 Å². The van der Waals surface area contributed by atoms with Crippen LogP contribution in [0, 0.1) is 0 Å². The Morgan fingerprint density at radius 3 is 2.81 bits per heavy atom. The quantitative estimate of drug-likeness (QED) is 0.839. The van der Waals surface area contributed by atoms with Gasteiger partial charge in [0, 0.05) is 31.3 Å². The molecule has 0 aliphatic rings. The fourth-order valence-corrected chi connectivity index (χ4v) is 2.64. The van der Waals surface area contributed by atoms with E-state index in [1.807, 2.05) is 17.7 Å². The summed E-state index contributed by atoms with van der Waals surface area (Å²) in [5.41, 5.74) is 5.51. The topological polar surface area (TPSA) is 98.7 Å². The fraction of sp³-hybridized carbons (Fsp3) is 0.538. The highest BCUT2D eigenvalue weighted by Crippen LogP contribution is 2.17. The average Bonchev–Trinajstić information content (AvgIpc) is 3.06. The molecule has 2 heterocycles. The smallest absolute Gasteiger partial charge is 0.242 e. The van der Waals surface area contributed by atoms with Gasteiger partial charge in [-0.3, -0.25) is 4.79 Å². The van der Waals surface area contributed by atoms with Crippen molar-refractivity contribution >= 4 is 22.4 Å². The minimum Gasteiger partial charge on any atom is -0.374 e. The van der Waals surface area contributed by atoms with Crippen LogP contribution in [0.4, 0.5) is 5.13 Å². The number of amides is 1. The molecule has 0 bridgehead atoms. The number of nitrogens with zero attached hydrogens (tertiary/aromatic N) is 4. The lowest BCUT2D eigenvalue weighted by Gasteiger charge is -2.17. The van der Waals surface area contributed by atoms with Crippen molar-refractivity contribution in [2.75, 3.05) is 12.3 Å². The Balaban J connectivity index is 1.89. The average molecular weight is 308 g/mol. The molecule has 8 heteroatoms. The number of imidazole rings is 1. The van der Waals surface area contributed by atoms with Crippen molar-refractivity contribution in [3.8, 4) is 0 Å². The molecule has 0 aromatic carbocycles. The molecule has 2 aromatic heterocycles. The molecular formula is C13H20N6OS. The molecule has 7 nitrogen and oxygen atoms in total. The molecule has 0 saturated heterocycles. The van der Waals surface area contributed by atoms with Crippen LogP contribution in [0.1, 0.15) is 43.6 Å². The van der Waals surface area contributed by atoms with Crippen molar-refractivity contribution in [2.45, 2.75) is 39.2 Å². The summed E-state index contributed by atoms with van der Waals surface area (Å²) in [4.78, 5) is 16.5. The number of aromatic nitrogens is 4. The lowest BCUT2D eigenvalue weighted by Crippen LogP contribution is -2.33. The summed E-state index contributed by atoms with van der Waals surface area (Å²) in [6.07, 6.45) is 4.20. The number of rotatable bonds is 6. The summed E-state index contributed by atoms with van der Waals surface area (Å²) < 4.78 is 1.91. The van der Waals surface area contributed by atoms with Crippen LogP contribution in [-0.4, -0.2) is 32.2 Å². The predicted molar refractivity (Wildman–Crippen MR) is 82.1 cm³/mol. The van der Waals surface area contributed by atoms with E-state index in [1.165, 1.54) is 11.3 Å². The highest BCUT2D eigenvalue weighted by molar-refractivity contribution is 7.15. The van der Waals surface area contributed by atoms with Gasteiger partial charge >= 0.3 is 0 Å². The fourth-order valence-electron chi connectivity index (χ4n) is 2.03. The third kappa shape index (κ3) is 3.78. The normalized spacial score (nSPS) is 12.6. The molecule has 1 atom stereocenters. The monoisotopic (exact) mass is 308 g/mol. The Morgan fingerprint density at radius 1 is 1.43 bits per heavy atom. The zero-order chi connectivity index (χ0) is 15.4. The maximum absolute atomic E-state index is 12.2. The van der Waals surface area contributed by atoms with Crippen LogP contribution in [0.5, 0.6) is 0 Å². The Kier molecular flexibility index (Phi) is 4.89. The van der Waals surface area contributed by atoms with E-state index in [0.717, 1.165) is 10.8 Å². The van der Waals surface area contributed by atoms with Crippen LogP contribution in [0.25, 0.3) is 0 Å². The van der Waals surface area contributed by atoms with Crippen molar-refractivity contribution in [3.63, 3.8) is 0 Å². The lowest BCUT2D eigenvalue weighted by molar-refractivity contribution is -0.123. The summed E-state index contributed by atoms with van der Waals surface area (Å²) in [6.45, 7) is 6.50. The second-order valence-corrected chi connectivity index (χ2v) is 6.19.